The second-order valence-electron chi connectivity index (χ2n) is 4.98. The van der Waals surface area contributed by atoms with Gasteiger partial charge in [0.2, 0.25) is 5.91 Å². The maximum atomic E-state index is 13.3. The summed E-state index contributed by atoms with van der Waals surface area (Å²) in [5.41, 5.74) is 1.67. The topological polar surface area (TPSA) is 46.4 Å². The largest absolute Gasteiger partial charge is 0.309 e. The van der Waals surface area contributed by atoms with Gasteiger partial charge in [-0.15, -0.1) is 0 Å². The summed E-state index contributed by atoms with van der Waals surface area (Å²) in [6, 6.07) is 8.49. The fraction of sp³-hybridized carbons (Fsp3) is 0.0588. The molecule has 116 valence electrons. The molecule has 0 saturated heterocycles. The van der Waals surface area contributed by atoms with Crippen LogP contribution < -0.4 is 5.32 Å². The molecule has 1 N–H and O–H groups in total. The molecule has 1 aromatic carbocycles. The number of fused-ring (bicyclic) bond motifs is 1. The highest BCUT2D eigenvalue weighted by atomic mass is 19.1. The van der Waals surface area contributed by atoms with Crippen LogP contribution in [-0.4, -0.2) is 15.3 Å². The lowest BCUT2D eigenvalue weighted by molar-refractivity contribution is -0.115. The van der Waals surface area contributed by atoms with Gasteiger partial charge in [0.25, 0.3) is 0 Å². The number of hydrogen-bond acceptors (Lipinski definition) is 2. The number of nitrogens with one attached hydrogen (secondary N) is 1. The highest BCUT2D eigenvalue weighted by Gasteiger charge is 2.13. The first-order chi connectivity index (χ1) is 11.1. The van der Waals surface area contributed by atoms with Crippen molar-refractivity contribution in [3.8, 4) is 0 Å². The summed E-state index contributed by atoms with van der Waals surface area (Å²) in [5.74, 6) is -0.769. The SMILES string of the molecule is C=Cc1c(NC(=O)Cc2ccc(F)cc2)nc2ccc(F)cn12. The number of rotatable bonds is 4. The van der Waals surface area contributed by atoms with Crippen LogP contribution in [0.25, 0.3) is 11.7 Å². The Morgan fingerprint density at radius 1 is 1.17 bits per heavy atom. The van der Waals surface area contributed by atoms with E-state index in [0.717, 1.165) is 0 Å². The second kappa shape index (κ2) is 6.00. The van der Waals surface area contributed by atoms with E-state index in [4.69, 9.17) is 0 Å². The number of benzene rings is 1. The molecule has 0 unspecified atom stereocenters. The molecular weight excluding hydrogens is 300 g/mol. The first-order valence-corrected chi connectivity index (χ1v) is 6.91. The van der Waals surface area contributed by atoms with Gasteiger partial charge in [-0.1, -0.05) is 18.7 Å². The lowest BCUT2D eigenvalue weighted by atomic mass is 10.1. The zero-order chi connectivity index (χ0) is 16.4. The molecule has 2 heterocycles. The first-order valence-electron chi connectivity index (χ1n) is 6.91. The van der Waals surface area contributed by atoms with E-state index in [1.165, 1.54) is 40.9 Å². The number of imidazole rings is 1. The highest BCUT2D eigenvalue weighted by Crippen LogP contribution is 2.19. The monoisotopic (exact) mass is 313 g/mol. The average molecular weight is 313 g/mol. The lowest BCUT2D eigenvalue weighted by Crippen LogP contribution is -2.15. The van der Waals surface area contributed by atoms with Crippen molar-refractivity contribution in [2.75, 3.05) is 5.32 Å². The Balaban J connectivity index is 1.84. The Morgan fingerprint density at radius 2 is 1.87 bits per heavy atom. The third-order valence-corrected chi connectivity index (χ3v) is 3.35. The maximum Gasteiger partial charge on any atom is 0.230 e. The van der Waals surface area contributed by atoms with Gasteiger partial charge in [0.1, 0.15) is 17.3 Å². The summed E-state index contributed by atoms with van der Waals surface area (Å²) in [6.07, 6.45) is 2.85. The van der Waals surface area contributed by atoms with Crippen LogP contribution in [0.4, 0.5) is 14.6 Å². The minimum atomic E-state index is -0.415. The van der Waals surface area contributed by atoms with Crippen molar-refractivity contribution in [1.29, 1.82) is 0 Å². The van der Waals surface area contributed by atoms with Crippen LogP contribution in [0, 0.1) is 11.6 Å². The number of carbonyl (C=O) groups excluding carboxylic acids is 1. The maximum absolute atomic E-state index is 13.3. The Bertz CT molecular complexity index is 885. The summed E-state index contributed by atoms with van der Waals surface area (Å²) in [5, 5.41) is 2.68. The van der Waals surface area contributed by atoms with Gasteiger partial charge < -0.3 is 5.32 Å². The zero-order valence-electron chi connectivity index (χ0n) is 12.1. The number of aromatic nitrogens is 2. The van der Waals surface area contributed by atoms with E-state index in [1.54, 1.807) is 12.1 Å². The molecule has 6 heteroatoms. The van der Waals surface area contributed by atoms with Crippen molar-refractivity contribution in [3.63, 3.8) is 0 Å². The van der Waals surface area contributed by atoms with Crippen LogP contribution in [0.1, 0.15) is 11.3 Å². The fourth-order valence-electron chi connectivity index (χ4n) is 2.29. The molecule has 0 saturated carbocycles. The van der Waals surface area contributed by atoms with Crippen molar-refractivity contribution in [2.24, 2.45) is 0 Å². The number of anilines is 1. The number of nitrogens with zero attached hydrogens (tertiary/aromatic N) is 2. The molecule has 0 radical (unpaired) electrons. The van der Waals surface area contributed by atoms with Crippen molar-refractivity contribution in [1.82, 2.24) is 9.38 Å². The second-order valence-corrected chi connectivity index (χ2v) is 4.98. The predicted octanol–water partition coefficient (Wildman–Crippen LogP) is 3.44. The van der Waals surface area contributed by atoms with Crippen LogP contribution >= 0.6 is 0 Å². The van der Waals surface area contributed by atoms with E-state index in [9.17, 15) is 13.6 Å². The van der Waals surface area contributed by atoms with Gasteiger partial charge in [-0.05, 0) is 35.9 Å². The van der Waals surface area contributed by atoms with Crippen molar-refractivity contribution in [3.05, 3.63) is 72.1 Å². The minimum absolute atomic E-state index is 0.0824. The summed E-state index contributed by atoms with van der Waals surface area (Å²) in [7, 11) is 0. The van der Waals surface area contributed by atoms with Gasteiger partial charge in [-0.25, -0.2) is 13.8 Å². The molecule has 0 spiro atoms. The number of halogens is 2. The normalized spacial score (nSPS) is 10.7. The average Bonchev–Trinajstić information content (AvgIpc) is 2.85. The van der Waals surface area contributed by atoms with Gasteiger partial charge in [-0.2, -0.15) is 0 Å². The number of pyridine rings is 1. The fourth-order valence-corrected chi connectivity index (χ4v) is 2.29. The molecule has 0 bridgehead atoms. The quantitative estimate of drug-likeness (QED) is 0.802. The van der Waals surface area contributed by atoms with Crippen LogP contribution in [0.2, 0.25) is 0 Å². The predicted molar refractivity (Wildman–Crippen MR) is 84.0 cm³/mol. The van der Waals surface area contributed by atoms with E-state index < -0.39 is 5.82 Å². The molecule has 4 nitrogen and oxygen atoms in total. The Morgan fingerprint density at radius 3 is 2.57 bits per heavy atom. The van der Waals surface area contributed by atoms with Crippen LogP contribution in [0.15, 0.2) is 49.2 Å². The Hall–Kier alpha value is -3.02. The lowest BCUT2D eigenvalue weighted by Gasteiger charge is -2.04. The molecule has 0 fully saturated rings. The van der Waals surface area contributed by atoms with E-state index in [1.807, 2.05) is 0 Å². The molecule has 0 aliphatic carbocycles. The highest BCUT2D eigenvalue weighted by molar-refractivity contribution is 5.93. The van der Waals surface area contributed by atoms with E-state index in [2.05, 4.69) is 16.9 Å². The van der Waals surface area contributed by atoms with Gasteiger partial charge in [-0.3, -0.25) is 9.20 Å². The van der Waals surface area contributed by atoms with Crippen molar-refractivity contribution in [2.45, 2.75) is 6.42 Å². The van der Waals surface area contributed by atoms with Crippen molar-refractivity contribution < 1.29 is 13.6 Å². The number of hydrogen-bond donors (Lipinski definition) is 1. The summed E-state index contributed by atoms with van der Waals surface area (Å²) >= 11 is 0. The molecule has 0 atom stereocenters. The molecule has 3 rings (SSSR count). The Kier molecular flexibility index (Phi) is 3.89. The standard InChI is InChI=1S/C17H13F2N3O/c1-2-14-17(20-15-8-7-13(19)10-22(14)15)21-16(23)9-11-3-5-12(18)6-4-11/h2-8,10H,1,9H2,(H,21,23). The molecule has 1 amide bonds. The first kappa shape index (κ1) is 14.9. The molecule has 2 aromatic heterocycles. The molecule has 23 heavy (non-hydrogen) atoms. The van der Waals surface area contributed by atoms with Crippen LogP contribution in [0.5, 0.6) is 0 Å². The minimum Gasteiger partial charge on any atom is -0.309 e. The third kappa shape index (κ3) is 3.11. The third-order valence-electron chi connectivity index (χ3n) is 3.35. The Labute approximate surface area is 131 Å². The van der Waals surface area contributed by atoms with Gasteiger partial charge >= 0.3 is 0 Å². The van der Waals surface area contributed by atoms with E-state index >= 15 is 0 Å². The van der Waals surface area contributed by atoms with E-state index in [0.29, 0.717) is 22.7 Å². The van der Waals surface area contributed by atoms with Gasteiger partial charge in [0.15, 0.2) is 5.82 Å². The number of amides is 1. The van der Waals surface area contributed by atoms with Gasteiger partial charge in [0, 0.05) is 6.20 Å². The molecule has 0 aliphatic heterocycles. The van der Waals surface area contributed by atoms with E-state index in [-0.39, 0.29) is 18.1 Å². The molecule has 0 aliphatic rings. The smallest absolute Gasteiger partial charge is 0.230 e. The van der Waals surface area contributed by atoms with Gasteiger partial charge in [0.05, 0.1) is 12.1 Å². The molecular formula is C17H13F2N3O. The number of carbonyl (C=O) groups is 1. The van der Waals surface area contributed by atoms with Crippen LogP contribution in [-0.2, 0) is 11.2 Å². The van der Waals surface area contributed by atoms with Crippen LogP contribution in [0.3, 0.4) is 0 Å². The zero-order valence-corrected chi connectivity index (χ0v) is 12.1. The summed E-state index contributed by atoms with van der Waals surface area (Å²) in [6.45, 7) is 3.67. The summed E-state index contributed by atoms with van der Waals surface area (Å²) < 4.78 is 27.7. The summed E-state index contributed by atoms with van der Waals surface area (Å²) in [4.78, 5) is 16.4. The van der Waals surface area contributed by atoms with Crippen molar-refractivity contribution >= 4 is 23.4 Å². The molecule has 3 aromatic rings.